The summed E-state index contributed by atoms with van der Waals surface area (Å²) < 4.78 is 0. The minimum absolute atomic E-state index is 0.118. The number of hydrogen-bond acceptors (Lipinski definition) is 5. The van der Waals surface area contributed by atoms with Gasteiger partial charge in [0.2, 0.25) is 5.91 Å². The van der Waals surface area contributed by atoms with E-state index in [1.807, 2.05) is 0 Å². The maximum Gasteiger partial charge on any atom is 0.344 e. The molecule has 1 saturated heterocycles. The second kappa shape index (κ2) is 5.04. The molecule has 4 amide bonds. The van der Waals surface area contributed by atoms with E-state index >= 15 is 0 Å². The predicted octanol–water partition coefficient (Wildman–Crippen LogP) is 0.803. The van der Waals surface area contributed by atoms with Crippen molar-refractivity contribution in [2.24, 2.45) is 5.92 Å². The van der Waals surface area contributed by atoms with E-state index in [4.69, 9.17) is 0 Å². The van der Waals surface area contributed by atoms with Crippen LogP contribution in [0, 0.1) is 16.0 Å². The Morgan fingerprint density at radius 1 is 1.35 bits per heavy atom. The molecule has 1 aliphatic heterocycles. The highest BCUT2D eigenvalue weighted by molar-refractivity contribution is 6.08. The van der Waals surface area contributed by atoms with E-state index in [1.165, 1.54) is 31.2 Å². The summed E-state index contributed by atoms with van der Waals surface area (Å²) in [5, 5.41) is 13.9. The average Bonchev–Trinajstić information content (AvgIpc) is 3.33. The van der Waals surface area contributed by atoms with Crippen LogP contribution in [-0.4, -0.2) is 27.8 Å². The molecule has 0 bridgehead atoms. The molecule has 1 aromatic carbocycles. The summed E-state index contributed by atoms with van der Waals surface area (Å²) in [5.41, 5.74) is 1.21. The fourth-order valence-corrected chi connectivity index (χ4v) is 2.40. The van der Waals surface area contributed by atoms with Crippen LogP contribution in [0.15, 0.2) is 24.3 Å². The third-order valence-electron chi connectivity index (χ3n) is 4.02. The Balaban J connectivity index is 1.83. The highest BCUT2D eigenvalue weighted by atomic mass is 16.6. The van der Waals surface area contributed by atoms with Crippen molar-refractivity contribution in [2.75, 3.05) is 0 Å². The molecule has 1 heterocycles. The summed E-state index contributed by atoms with van der Waals surface area (Å²) in [5.74, 6) is -1.14. The van der Waals surface area contributed by atoms with Gasteiger partial charge in [-0.05, 0) is 37.5 Å². The topological polar surface area (TPSA) is 122 Å². The van der Waals surface area contributed by atoms with Crippen LogP contribution in [-0.2, 0) is 15.1 Å². The van der Waals surface area contributed by atoms with E-state index in [9.17, 15) is 24.5 Å². The quantitative estimate of drug-likeness (QED) is 0.483. The number of nitrogens with zero attached hydrogens (tertiary/aromatic N) is 2. The minimum atomic E-state index is -1.39. The second-order valence-corrected chi connectivity index (χ2v) is 5.75. The maximum absolute atomic E-state index is 12.5. The van der Waals surface area contributed by atoms with Crippen LogP contribution in [0.5, 0.6) is 0 Å². The van der Waals surface area contributed by atoms with Crippen molar-refractivity contribution in [3.8, 4) is 0 Å². The zero-order valence-corrected chi connectivity index (χ0v) is 12.2. The molecule has 0 spiro atoms. The molecule has 0 aromatic heterocycles. The van der Waals surface area contributed by atoms with Crippen LogP contribution in [0.3, 0.4) is 0 Å². The number of carbonyl (C=O) groups is 3. The van der Waals surface area contributed by atoms with Gasteiger partial charge in [-0.15, -0.1) is 0 Å². The molecule has 2 N–H and O–H groups in total. The third-order valence-corrected chi connectivity index (χ3v) is 4.02. The summed E-state index contributed by atoms with van der Waals surface area (Å²) in [7, 11) is 0. The number of nitro benzene ring substituents is 1. The largest absolute Gasteiger partial charge is 0.344 e. The lowest BCUT2D eigenvalue weighted by atomic mass is 9.92. The van der Waals surface area contributed by atoms with Crippen molar-refractivity contribution < 1.29 is 19.3 Å². The van der Waals surface area contributed by atoms with Crippen molar-refractivity contribution in [3.63, 3.8) is 0 Å². The Labute approximate surface area is 130 Å². The number of urea groups is 1. The highest BCUT2D eigenvalue weighted by Gasteiger charge is 2.50. The molecule has 1 saturated carbocycles. The van der Waals surface area contributed by atoms with Crippen LogP contribution >= 0.6 is 0 Å². The first-order chi connectivity index (χ1) is 10.8. The minimum Gasteiger partial charge on any atom is -0.318 e. The van der Waals surface area contributed by atoms with Gasteiger partial charge in [-0.1, -0.05) is 0 Å². The lowest BCUT2D eigenvalue weighted by Gasteiger charge is -2.22. The fraction of sp³-hybridized carbons (Fsp3) is 0.357. The van der Waals surface area contributed by atoms with Gasteiger partial charge in [0, 0.05) is 18.1 Å². The van der Waals surface area contributed by atoms with E-state index in [0.717, 1.165) is 12.8 Å². The molecule has 9 heteroatoms. The molecule has 1 aliphatic carbocycles. The molecule has 1 atom stereocenters. The van der Waals surface area contributed by atoms with Gasteiger partial charge >= 0.3 is 6.03 Å². The molecule has 23 heavy (non-hydrogen) atoms. The number of amides is 4. The van der Waals surface area contributed by atoms with Gasteiger partial charge in [-0.2, -0.15) is 5.01 Å². The van der Waals surface area contributed by atoms with Crippen molar-refractivity contribution in [2.45, 2.75) is 25.3 Å². The van der Waals surface area contributed by atoms with E-state index in [-0.39, 0.29) is 17.5 Å². The van der Waals surface area contributed by atoms with Gasteiger partial charge in [0.05, 0.1) is 4.92 Å². The van der Waals surface area contributed by atoms with Crippen LogP contribution in [0.1, 0.15) is 25.3 Å². The second-order valence-electron chi connectivity index (χ2n) is 5.75. The summed E-state index contributed by atoms with van der Waals surface area (Å²) in [6.45, 7) is 1.48. The van der Waals surface area contributed by atoms with Crippen LogP contribution in [0.25, 0.3) is 0 Å². The molecule has 0 radical (unpaired) electrons. The number of nitrogens with one attached hydrogen (secondary N) is 2. The van der Waals surface area contributed by atoms with E-state index in [0.29, 0.717) is 10.6 Å². The molecule has 9 nitrogen and oxygen atoms in total. The van der Waals surface area contributed by atoms with Gasteiger partial charge in [-0.3, -0.25) is 25.1 Å². The summed E-state index contributed by atoms with van der Waals surface area (Å²) in [6.07, 6.45) is 1.49. The number of nitro groups is 1. The van der Waals surface area contributed by atoms with E-state index in [2.05, 4.69) is 10.7 Å². The highest BCUT2D eigenvalue weighted by Crippen LogP contribution is 2.31. The Kier molecular flexibility index (Phi) is 3.28. The van der Waals surface area contributed by atoms with Crippen molar-refractivity contribution in [3.05, 3.63) is 39.9 Å². The molecular formula is C14H14N4O5. The van der Waals surface area contributed by atoms with Crippen molar-refractivity contribution in [1.29, 1.82) is 0 Å². The molecule has 2 aliphatic rings. The monoisotopic (exact) mass is 318 g/mol. The van der Waals surface area contributed by atoms with Crippen LogP contribution in [0.2, 0.25) is 0 Å². The number of hydrazine groups is 1. The number of carbonyl (C=O) groups excluding carboxylic acids is 3. The zero-order chi connectivity index (χ0) is 16.8. The molecular weight excluding hydrogens is 304 g/mol. The number of hydrogen-bond donors (Lipinski definition) is 2. The first-order valence-corrected chi connectivity index (χ1v) is 7.05. The van der Waals surface area contributed by atoms with E-state index in [1.54, 1.807) is 0 Å². The summed E-state index contributed by atoms with van der Waals surface area (Å²) >= 11 is 0. The number of imide groups is 1. The number of rotatable bonds is 4. The summed E-state index contributed by atoms with van der Waals surface area (Å²) in [6, 6.07) is 4.59. The standard InChI is InChI=1S/C14H14N4O5/c1-14(9-4-6-10(7-5-9)18(22)23)12(20)17(13(21)15-14)16-11(19)8-2-3-8/h4-8H,2-3H2,1H3,(H,15,21)(H,16,19)/t14-/m1/s1. The predicted molar refractivity (Wildman–Crippen MR) is 76.7 cm³/mol. The van der Waals surface area contributed by atoms with Gasteiger partial charge in [0.15, 0.2) is 0 Å². The fourth-order valence-electron chi connectivity index (χ4n) is 2.40. The van der Waals surface area contributed by atoms with Crippen LogP contribution in [0.4, 0.5) is 10.5 Å². The lowest BCUT2D eigenvalue weighted by molar-refractivity contribution is -0.384. The number of benzene rings is 1. The van der Waals surface area contributed by atoms with Gasteiger partial charge in [0.25, 0.3) is 11.6 Å². The SMILES string of the molecule is C[C@]1(c2ccc([N+](=O)[O-])cc2)NC(=O)N(NC(=O)C2CC2)C1=O. The Morgan fingerprint density at radius 2 is 1.96 bits per heavy atom. The Morgan fingerprint density at radius 3 is 2.48 bits per heavy atom. The maximum atomic E-state index is 12.5. The van der Waals surface area contributed by atoms with Crippen molar-refractivity contribution >= 4 is 23.5 Å². The lowest BCUT2D eigenvalue weighted by Crippen LogP contribution is -2.48. The summed E-state index contributed by atoms with van der Waals surface area (Å²) in [4.78, 5) is 46.4. The first kappa shape index (κ1) is 14.9. The van der Waals surface area contributed by atoms with Gasteiger partial charge < -0.3 is 5.32 Å². The molecule has 3 rings (SSSR count). The van der Waals surface area contributed by atoms with Crippen molar-refractivity contribution in [1.82, 2.24) is 15.8 Å². The van der Waals surface area contributed by atoms with Crippen LogP contribution < -0.4 is 10.7 Å². The van der Waals surface area contributed by atoms with E-state index < -0.39 is 22.4 Å². The Bertz CT molecular complexity index is 712. The van der Waals surface area contributed by atoms with Gasteiger partial charge in [-0.25, -0.2) is 4.79 Å². The smallest absolute Gasteiger partial charge is 0.318 e. The normalized spacial score (nSPS) is 23.6. The number of non-ortho nitro benzene ring substituents is 1. The molecule has 120 valence electrons. The average molecular weight is 318 g/mol. The molecule has 2 fully saturated rings. The first-order valence-electron chi connectivity index (χ1n) is 7.05. The zero-order valence-electron chi connectivity index (χ0n) is 12.2. The molecule has 1 aromatic rings. The van der Waals surface area contributed by atoms with Gasteiger partial charge in [0.1, 0.15) is 5.54 Å². The third kappa shape index (κ3) is 2.50. The Hall–Kier alpha value is -2.97. The molecule has 0 unspecified atom stereocenters.